The van der Waals surface area contributed by atoms with Gasteiger partial charge in [-0.2, -0.15) is 0 Å². The standard InChI is InChI=1S/C9H15N3O9/c13-7-10(1-4-19-16)8(14)12(3-6-21-18)9(15)11(7)2-5-20-17/h16-18H,1-6H2. The maximum Gasteiger partial charge on any atom is 0.336 e. The first-order chi connectivity index (χ1) is 10.1. The third-order valence-electron chi connectivity index (χ3n) is 2.60. The molecule has 0 unspecified atom stereocenters. The van der Waals surface area contributed by atoms with Gasteiger partial charge in [0.15, 0.2) is 0 Å². The molecule has 0 aliphatic heterocycles. The van der Waals surface area contributed by atoms with Crippen LogP contribution in [0.3, 0.4) is 0 Å². The zero-order valence-electron chi connectivity index (χ0n) is 10.9. The van der Waals surface area contributed by atoms with Gasteiger partial charge in [-0.25, -0.2) is 42.7 Å². The fourth-order valence-electron chi connectivity index (χ4n) is 1.65. The lowest BCUT2D eigenvalue weighted by Gasteiger charge is -2.12. The Morgan fingerprint density at radius 2 is 0.857 bits per heavy atom. The van der Waals surface area contributed by atoms with Crippen molar-refractivity contribution in [2.24, 2.45) is 0 Å². The Morgan fingerprint density at radius 1 is 0.619 bits per heavy atom. The van der Waals surface area contributed by atoms with Gasteiger partial charge < -0.3 is 0 Å². The third kappa shape index (κ3) is 4.07. The smallest absolute Gasteiger partial charge is 0.252 e. The lowest BCUT2D eigenvalue weighted by Crippen LogP contribution is -2.55. The van der Waals surface area contributed by atoms with Crippen molar-refractivity contribution in [3.63, 3.8) is 0 Å². The van der Waals surface area contributed by atoms with Gasteiger partial charge in [0.1, 0.15) is 19.8 Å². The minimum Gasteiger partial charge on any atom is -0.252 e. The summed E-state index contributed by atoms with van der Waals surface area (Å²) in [5, 5.41) is 24.9. The Balaban J connectivity index is 3.39. The van der Waals surface area contributed by atoms with Gasteiger partial charge in [0, 0.05) is 0 Å². The Morgan fingerprint density at radius 3 is 1.05 bits per heavy atom. The second-order valence-electron chi connectivity index (χ2n) is 3.80. The minimum atomic E-state index is -0.944. The second-order valence-corrected chi connectivity index (χ2v) is 3.80. The van der Waals surface area contributed by atoms with E-state index >= 15 is 0 Å². The van der Waals surface area contributed by atoms with Crippen molar-refractivity contribution in [2.45, 2.75) is 19.6 Å². The van der Waals surface area contributed by atoms with Crippen LogP contribution in [0.25, 0.3) is 0 Å². The van der Waals surface area contributed by atoms with Crippen LogP contribution in [-0.2, 0) is 34.3 Å². The summed E-state index contributed by atoms with van der Waals surface area (Å²) >= 11 is 0. The molecular formula is C9H15N3O9. The molecule has 1 rings (SSSR count). The van der Waals surface area contributed by atoms with Crippen LogP contribution in [0.15, 0.2) is 14.4 Å². The molecule has 0 saturated carbocycles. The topological polar surface area (TPSA) is 154 Å². The van der Waals surface area contributed by atoms with Crippen molar-refractivity contribution in [2.75, 3.05) is 19.8 Å². The molecule has 0 aliphatic rings. The van der Waals surface area contributed by atoms with Crippen molar-refractivity contribution >= 4 is 0 Å². The zero-order chi connectivity index (χ0) is 15.8. The summed E-state index contributed by atoms with van der Waals surface area (Å²) < 4.78 is 1.98. The van der Waals surface area contributed by atoms with Gasteiger partial charge in [0.05, 0.1) is 19.6 Å². The number of hydrogen-bond donors (Lipinski definition) is 3. The van der Waals surface area contributed by atoms with E-state index in [1.54, 1.807) is 0 Å². The van der Waals surface area contributed by atoms with E-state index in [0.717, 1.165) is 0 Å². The maximum absolute atomic E-state index is 12.0. The summed E-state index contributed by atoms with van der Waals surface area (Å²) in [5.41, 5.74) is -2.83. The predicted molar refractivity (Wildman–Crippen MR) is 65.0 cm³/mol. The minimum absolute atomic E-state index is 0.297. The molecular weight excluding hydrogens is 294 g/mol. The fraction of sp³-hybridized carbons (Fsp3) is 0.667. The van der Waals surface area contributed by atoms with Crippen LogP contribution in [0.5, 0.6) is 0 Å². The molecule has 1 aromatic heterocycles. The van der Waals surface area contributed by atoms with E-state index in [4.69, 9.17) is 15.8 Å². The molecule has 0 spiro atoms. The number of aromatic nitrogens is 3. The SMILES string of the molecule is O=c1n(CCOO)c(=O)n(CCOO)c(=O)n1CCOO. The molecule has 0 aliphatic carbocycles. The van der Waals surface area contributed by atoms with Crippen molar-refractivity contribution in [3.05, 3.63) is 31.5 Å². The lowest BCUT2D eigenvalue weighted by atomic mass is 10.6. The molecule has 0 bridgehead atoms. The van der Waals surface area contributed by atoms with E-state index in [-0.39, 0.29) is 39.5 Å². The lowest BCUT2D eigenvalue weighted by molar-refractivity contribution is -0.245. The molecule has 12 nitrogen and oxygen atoms in total. The van der Waals surface area contributed by atoms with Crippen LogP contribution in [0.1, 0.15) is 0 Å². The first-order valence-electron chi connectivity index (χ1n) is 5.82. The molecule has 0 amide bonds. The van der Waals surface area contributed by atoms with Gasteiger partial charge in [-0.1, -0.05) is 0 Å². The Labute approximate surface area is 116 Å². The molecule has 0 radical (unpaired) electrons. The van der Waals surface area contributed by atoms with Crippen molar-refractivity contribution in [1.82, 2.24) is 13.7 Å². The summed E-state index contributed by atoms with van der Waals surface area (Å²) in [6.07, 6.45) is 0. The highest BCUT2D eigenvalue weighted by Crippen LogP contribution is 1.80. The molecule has 0 saturated heterocycles. The highest BCUT2D eigenvalue weighted by Gasteiger charge is 2.15. The molecule has 0 aromatic carbocycles. The summed E-state index contributed by atoms with van der Waals surface area (Å²) in [6, 6.07) is 0. The molecule has 0 fully saturated rings. The number of rotatable bonds is 9. The molecule has 1 aromatic rings. The van der Waals surface area contributed by atoms with Crippen LogP contribution in [0.4, 0.5) is 0 Å². The van der Waals surface area contributed by atoms with E-state index in [1.165, 1.54) is 0 Å². The fourth-order valence-corrected chi connectivity index (χ4v) is 1.65. The van der Waals surface area contributed by atoms with Crippen molar-refractivity contribution < 1.29 is 30.4 Å². The van der Waals surface area contributed by atoms with Crippen molar-refractivity contribution in [1.29, 1.82) is 0 Å². The van der Waals surface area contributed by atoms with Gasteiger partial charge in [-0.3, -0.25) is 15.8 Å². The van der Waals surface area contributed by atoms with Gasteiger partial charge in [0.25, 0.3) is 0 Å². The monoisotopic (exact) mass is 309 g/mol. The van der Waals surface area contributed by atoms with Crippen LogP contribution < -0.4 is 17.1 Å². The van der Waals surface area contributed by atoms with Crippen molar-refractivity contribution in [3.8, 4) is 0 Å². The van der Waals surface area contributed by atoms with E-state index < -0.39 is 17.1 Å². The maximum atomic E-state index is 12.0. The molecule has 120 valence electrons. The first-order valence-corrected chi connectivity index (χ1v) is 5.82. The average molecular weight is 309 g/mol. The highest BCUT2D eigenvalue weighted by atomic mass is 17.1. The van der Waals surface area contributed by atoms with E-state index in [1.807, 2.05) is 0 Å². The molecule has 1 heterocycles. The molecule has 3 N–H and O–H groups in total. The normalized spacial score (nSPS) is 11.0. The molecule has 0 atom stereocenters. The van der Waals surface area contributed by atoms with E-state index in [2.05, 4.69) is 14.7 Å². The van der Waals surface area contributed by atoms with Gasteiger partial charge >= 0.3 is 17.1 Å². The van der Waals surface area contributed by atoms with Gasteiger partial charge in [-0.05, 0) is 0 Å². The highest BCUT2D eigenvalue weighted by molar-refractivity contribution is 4.79. The Kier molecular flexibility index (Phi) is 6.93. The molecule has 21 heavy (non-hydrogen) atoms. The largest absolute Gasteiger partial charge is 0.336 e. The van der Waals surface area contributed by atoms with Crippen LogP contribution in [-0.4, -0.2) is 49.3 Å². The van der Waals surface area contributed by atoms with Crippen LogP contribution in [0.2, 0.25) is 0 Å². The van der Waals surface area contributed by atoms with Crippen LogP contribution in [0, 0.1) is 0 Å². The Hall–Kier alpha value is -1.83. The zero-order valence-corrected chi connectivity index (χ0v) is 10.9. The average Bonchev–Trinajstić information content (AvgIpc) is 2.47. The summed E-state index contributed by atoms with van der Waals surface area (Å²) in [6.45, 7) is -1.93. The summed E-state index contributed by atoms with van der Waals surface area (Å²) in [5.74, 6) is 0. The van der Waals surface area contributed by atoms with Gasteiger partial charge in [-0.15, -0.1) is 0 Å². The predicted octanol–water partition coefficient (Wildman–Crippen LogP) is -2.36. The summed E-state index contributed by atoms with van der Waals surface area (Å²) in [7, 11) is 0. The van der Waals surface area contributed by atoms with E-state index in [9.17, 15) is 14.4 Å². The van der Waals surface area contributed by atoms with E-state index in [0.29, 0.717) is 13.7 Å². The second kappa shape index (κ2) is 8.46. The Bertz CT molecular complexity index is 500. The number of nitrogens with zero attached hydrogens (tertiary/aromatic N) is 3. The van der Waals surface area contributed by atoms with Gasteiger partial charge in [0.2, 0.25) is 0 Å². The summed E-state index contributed by atoms with van der Waals surface area (Å²) in [4.78, 5) is 47.4. The molecule has 12 heteroatoms. The third-order valence-corrected chi connectivity index (χ3v) is 2.60. The quantitative estimate of drug-likeness (QED) is 0.335. The number of hydrogen-bond acceptors (Lipinski definition) is 9. The first kappa shape index (κ1) is 17.2. The van der Waals surface area contributed by atoms with Crippen LogP contribution >= 0.6 is 0 Å².